The molecule has 1 N–H and O–H groups in total. The highest BCUT2D eigenvalue weighted by Gasteiger charge is 2.67. The number of rotatable bonds is 4. The van der Waals surface area contributed by atoms with Gasteiger partial charge in [-0.3, -0.25) is 0 Å². The third kappa shape index (κ3) is 2.03. The molecule has 0 spiro atoms. The van der Waals surface area contributed by atoms with Crippen molar-refractivity contribution in [2.75, 3.05) is 6.54 Å². The van der Waals surface area contributed by atoms with E-state index in [9.17, 15) is 0 Å². The maximum Gasteiger partial charge on any atom is 0.137 e. The fourth-order valence-corrected chi connectivity index (χ4v) is 4.07. The summed E-state index contributed by atoms with van der Waals surface area (Å²) in [7, 11) is 0. The molecular formula is C19H27NO. The minimum atomic E-state index is 0.298. The molecule has 0 saturated heterocycles. The van der Waals surface area contributed by atoms with Crippen LogP contribution in [0.25, 0.3) is 11.0 Å². The van der Waals surface area contributed by atoms with Crippen LogP contribution in [0.15, 0.2) is 28.7 Å². The predicted molar refractivity (Wildman–Crippen MR) is 88.4 cm³/mol. The highest BCUT2D eigenvalue weighted by molar-refractivity contribution is 5.81. The summed E-state index contributed by atoms with van der Waals surface area (Å²) in [6.07, 6.45) is 0. The van der Waals surface area contributed by atoms with Gasteiger partial charge in [0.2, 0.25) is 0 Å². The lowest BCUT2D eigenvalue weighted by Gasteiger charge is -2.17. The van der Waals surface area contributed by atoms with Crippen molar-refractivity contribution in [1.82, 2.24) is 5.32 Å². The van der Waals surface area contributed by atoms with E-state index in [2.05, 4.69) is 71.1 Å². The van der Waals surface area contributed by atoms with Crippen molar-refractivity contribution in [3.8, 4) is 0 Å². The molecule has 1 aliphatic carbocycles. The number of fused-ring (bicyclic) bond motifs is 1. The second kappa shape index (κ2) is 4.61. The van der Waals surface area contributed by atoms with Gasteiger partial charge in [-0.1, -0.05) is 52.8 Å². The Morgan fingerprint density at radius 2 is 1.86 bits per heavy atom. The summed E-state index contributed by atoms with van der Waals surface area (Å²) >= 11 is 0. The van der Waals surface area contributed by atoms with Gasteiger partial charge in [-0.2, -0.15) is 0 Å². The molecule has 1 fully saturated rings. The van der Waals surface area contributed by atoms with Gasteiger partial charge in [0.05, 0.1) is 6.04 Å². The number of benzene rings is 1. The lowest BCUT2D eigenvalue weighted by molar-refractivity contribution is 0.356. The van der Waals surface area contributed by atoms with E-state index in [1.807, 2.05) is 0 Å². The molecule has 1 aliphatic rings. The third-order valence-corrected chi connectivity index (χ3v) is 5.96. The van der Waals surface area contributed by atoms with Crippen molar-refractivity contribution in [3.63, 3.8) is 0 Å². The maximum atomic E-state index is 6.24. The van der Waals surface area contributed by atoms with Gasteiger partial charge in [-0.05, 0) is 41.8 Å². The first-order valence-electron chi connectivity index (χ1n) is 8.03. The zero-order valence-electron chi connectivity index (χ0n) is 14.1. The van der Waals surface area contributed by atoms with Gasteiger partial charge < -0.3 is 9.73 Å². The van der Waals surface area contributed by atoms with E-state index in [1.165, 1.54) is 10.9 Å². The van der Waals surface area contributed by atoms with Gasteiger partial charge >= 0.3 is 0 Å². The third-order valence-electron chi connectivity index (χ3n) is 5.96. The van der Waals surface area contributed by atoms with Crippen LogP contribution in [0.2, 0.25) is 0 Å². The minimum absolute atomic E-state index is 0.298. The normalized spacial score (nSPS) is 21.6. The Morgan fingerprint density at radius 3 is 2.38 bits per heavy atom. The van der Waals surface area contributed by atoms with Crippen LogP contribution < -0.4 is 5.32 Å². The number of hydrogen-bond acceptors (Lipinski definition) is 2. The van der Waals surface area contributed by atoms with Gasteiger partial charge in [0, 0.05) is 5.39 Å². The number of furan rings is 1. The monoisotopic (exact) mass is 285 g/mol. The second-order valence-electron chi connectivity index (χ2n) is 7.60. The van der Waals surface area contributed by atoms with Crippen LogP contribution >= 0.6 is 0 Å². The molecule has 2 heteroatoms. The molecule has 2 nitrogen and oxygen atoms in total. The molecule has 1 aromatic carbocycles. The van der Waals surface area contributed by atoms with Gasteiger partial charge in [0.25, 0.3) is 0 Å². The van der Waals surface area contributed by atoms with Crippen molar-refractivity contribution < 1.29 is 4.42 Å². The standard InChI is InChI=1S/C19H27NO/c1-7-20-15(17-18(3,4)19(17,5)6)14-11-13-10-8-9-12(2)16(13)21-14/h8-11,15,17,20H,7H2,1-6H3. The Hall–Kier alpha value is -1.28. The number of hydrogen-bond donors (Lipinski definition) is 1. The average Bonchev–Trinajstić information content (AvgIpc) is 2.76. The van der Waals surface area contributed by atoms with E-state index in [-0.39, 0.29) is 0 Å². The average molecular weight is 285 g/mol. The SMILES string of the molecule is CCNC(c1cc2cccc(C)c2o1)C1C(C)(C)C1(C)C. The van der Waals surface area contributed by atoms with E-state index < -0.39 is 0 Å². The van der Waals surface area contributed by atoms with Crippen LogP contribution in [0.4, 0.5) is 0 Å². The molecule has 0 radical (unpaired) electrons. The summed E-state index contributed by atoms with van der Waals surface area (Å²) in [5.74, 6) is 1.69. The predicted octanol–water partition coefficient (Wildman–Crippen LogP) is 5.07. The lowest BCUT2D eigenvalue weighted by atomic mass is 10.0. The molecule has 1 aromatic heterocycles. The molecule has 21 heavy (non-hydrogen) atoms. The highest BCUT2D eigenvalue weighted by Crippen LogP contribution is 2.72. The Balaban J connectivity index is 2.03. The van der Waals surface area contributed by atoms with E-state index in [1.54, 1.807) is 0 Å². The van der Waals surface area contributed by atoms with E-state index in [4.69, 9.17) is 4.42 Å². The molecule has 114 valence electrons. The van der Waals surface area contributed by atoms with Crippen LogP contribution in [0.1, 0.15) is 52.0 Å². The van der Waals surface area contributed by atoms with Crippen molar-refractivity contribution in [2.45, 2.75) is 47.6 Å². The summed E-state index contributed by atoms with van der Waals surface area (Å²) < 4.78 is 6.24. The lowest BCUT2D eigenvalue weighted by Crippen LogP contribution is -2.24. The van der Waals surface area contributed by atoms with Gasteiger partial charge in [-0.25, -0.2) is 0 Å². The Labute approximate surface area is 127 Å². The Morgan fingerprint density at radius 1 is 1.19 bits per heavy atom. The molecule has 0 aliphatic heterocycles. The van der Waals surface area contributed by atoms with Crippen LogP contribution in [0, 0.1) is 23.7 Å². The summed E-state index contributed by atoms with van der Waals surface area (Å²) in [5.41, 5.74) is 2.93. The Bertz CT molecular complexity index is 651. The Kier molecular flexibility index (Phi) is 3.21. The maximum absolute atomic E-state index is 6.24. The molecule has 0 amide bonds. The highest BCUT2D eigenvalue weighted by atomic mass is 16.3. The first-order chi connectivity index (χ1) is 9.80. The largest absolute Gasteiger partial charge is 0.459 e. The topological polar surface area (TPSA) is 25.2 Å². The second-order valence-corrected chi connectivity index (χ2v) is 7.60. The quantitative estimate of drug-likeness (QED) is 0.848. The molecule has 1 heterocycles. The number of aryl methyl sites for hydroxylation is 1. The fourth-order valence-electron chi connectivity index (χ4n) is 4.07. The summed E-state index contributed by atoms with van der Waals surface area (Å²) in [4.78, 5) is 0. The fraction of sp³-hybridized carbons (Fsp3) is 0.579. The van der Waals surface area contributed by atoms with Crippen LogP contribution in [-0.4, -0.2) is 6.54 Å². The smallest absolute Gasteiger partial charge is 0.137 e. The molecule has 1 saturated carbocycles. The summed E-state index contributed by atoms with van der Waals surface area (Å²) in [6, 6.07) is 8.88. The van der Waals surface area contributed by atoms with Gasteiger partial charge in [-0.15, -0.1) is 0 Å². The molecule has 3 rings (SSSR count). The molecule has 0 bridgehead atoms. The minimum Gasteiger partial charge on any atom is -0.459 e. The first-order valence-corrected chi connectivity index (χ1v) is 8.03. The number of nitrogens with one attached hydrogen (secondary N) is 1. The van der Waals surface area contributed by atoms with E-state index in [0.717, 1.165) is 17.9 Å². The van der Waals surface area contributed by atoms with Crippen molar-refractivity contribution in [2.24, 2.45) is 16.7 Å². The molecular weight excluding hydrogens is 258 g/mol. The van der Waals surface area contributed by atoms with Crippen LogP contribution in [0.5, 0.6) is 0 Å². The van der Waals surface area contributed by atoms with Crippen LogP contribution in [-0.2, 0) is 0 Å². The van der Waals surface area contributed by atoms with Crippen molar-refractivity contribution in [3.05, 3.63) is 35.6 Å². The van der Waals surface area contributed by atoms with Crippen molar-refractivity contribution in [1.29, 1.82) is 0 Å². The zero-order chi connectivity index (χ0) is 15.4. The van der Waals surface area contributed by atoms with Crippen LogP contribution in [0.3, 0.4) is 0 Å². The van der Waals surface area contributed by atoms with Gasteiger partial charge in [0.1, 0.15) is 11.3 Å². The van der Waals surface area contributed by atoms with E-state index in [0.29, 0.717) is 22.8 Å². The summed E-state index contributed by atoms with van der Waals surface area (Å²) in [6.45, 7) is 14.7. The molecule has 2 aromatic rings. The number of para-hydroxylation sites is 1. The first kappa shape index (κ1) is 14.6. The van der Waals surface area contributed by atoms with Gasteiger partial charge in [0.15, 0.2) is 0 Å². The van der Waals surface area contributed by atoms with E-state index >= 15 is 0 Å². The molecule has 1 atom stereocenters. The summed E-state index contributed by atoms with van der Waals surface area (Å²) in [5, 5.41) is 4.87. The molecule has 1 unspecified atom stereocenters. The van der Waals surface area contributed by atoms with Crippen molar-refractivity contribution >= 4 is 11.0 Å². The zero-order valence-corrected chi connectivity index (χ0v) is 14.1.